The van der Waals surface area contributed by atoms with Gasteiger partial charge in [-0.1, -0.05) is 277 Å². The van der Waals surface area contributed by atoms with Gasteiger partial charge in [0.2, 0.25) is 0 Å². The molecule has 0 aromatic rings. The van der Waals surface area contributed by atoms with Crippen molar-refractivity contribution in [2.24, 2.45) is 5.92 Å². The number of hydrogen-bond donors (Lipinski definition) is 1. The molecule has 0 radical (unpaired) electrons. The molecule has 300 valence electrons. The Hall–Kier alpha value is -0.370. The van der Waals surface area contributed by atoms with Crippen LogP contribution in [-0.4, -0.2) is 17.5 Å². The first kappa shape index (κ1) is 49.6. The topological polar surface area (TPSA) is 37.3 Å². The van der Waals surface area contributed by atoms with Crippen molar-refractivity contribution in [3.63, 3.8) is 0 Å². The van der Waals surface area contributed by atoms with Crippen molar-refractivity contribution in [3.05, 3.63) is 0 Å². The third kappa shape index (κ3) is 40.4. The molecule has 2 heteroatoms. The molecule has 0 saturated heterocycles. The van der Waals surface area contributed by atoms with Gasteiger partial charge >= 0.3 is 0 Å². The molecule has 0 aliphatic rings. The Morgan fingerprint density at radius 1 is 0.300 bits per heavy atom. The standard InChI is InChI=1S/C48H96O2/c1-3-5-7-9-11-13-15-17-19-21-23-25-27-29-31-33-35-37-39-41-43-45-48(50)47(46-49)44-42-40-38-36-34-32-30-28-26-24-22-20-18-16-14-12-10-8-6-4-2/h46-48,50H,3-45H2,1-2H3. The molecule has 2 nitrogen and oxygen atoms in total. The highest BCUT2D eigenvalue weighted by Gasteiger charge is 2.17. The number of carbonyl (C=O) groups is 1. The summed E-state index contributed by atoms with van der Waals surface area (Å²) in [5, 5.41) is 10.6. The number of aliphatic hydroxyl groups is 1. The molecule has 2 unspecified atom stereocenters. The molecule has 0 aromatic carbocycles. The number of rotatable bonds is 45. The van der Waals surface area contributed by atoms with Crippen LogP contribution in [0.2, 0.25) is 0 Å². The summed E-state index contributed by atoms with van der Waals surface area (Å²) < 4.78 is 0. The highest BCUT2D eigenvalue weighted by molar-refractivity contribution is 5.54. The second kappa shape index (κ2) is 44.8. The van der Waals surface area contributed by atoms with Gasteiger partial charge in [0.1, 0.15) is 6.29 Å². The minimum absolute atomic E-state index is 0.143. The summed E-state index contributed by atoms with van der Waals surface area (Å²) in [5.41, 5.74) is 0. The highest BCUT2D eigenvalue weighted by Crippen LogP contribution is 2.20. The molecular formula is C48H96O2. The van der Waals surface area contributed by atoms with Gasteiger partial charge in [-0.05, 0) is 12.8 Å². The Labute approximate surface area is 317 Å². The van der Waals surface area contributed by atoms with E-state index in [0.29, 0.717) is 0 Å². The molecule has 1 N–H and O–H groups in total. The van der Waals surface area contributed by atoms with Gasteiger partial charge in [-0.25, -0.2) is 0 Å². The zero-order chi connectivity index (χ0) is 36.3. The highest BCUT2D eigenvalue weighted by atomic mass is 16.3. The molecule has 0 aromatic heterocycles. The lowest BCUT2D eigenvalue weighted by Crippen LogP contribution is -2.21. The van der Waals surface area contributed by atoms with Crippen LogP contribution >= 0.6 is 0 Å². The van der Waals surface area contributed by atoms with Crippen molar-refractivity contribution in [1.82, 2.24) is 0 Å². The Balaban J connectivity index is 3.34. The van der Waals surface area contributed by atoms with Gasteiger partial charge < -0.3 is 9.90 Å². The Morgan fingerprint density at radius 3 is 0.680 bits per heavy atom. The van der Waals surface area contributed by atoms with Crippen molar-refractivity contribution in [3.8, 4) is 0 Å². The number of carbonyl (C=O) groups excluding carboxylic acids is 1. The van der Waals surface area contributed by atoms with Gasteiger partial charge in [-0.15, -0.1) is 0 Å². The minimum atomic E-state index is -0.423. The fourth-order valence-corrected chi connectivity index (χ4v) is 7.99. The summed E-state index contributed by atoms with van der Waals surface area (Å²) in [6.07, 6.45) is 59.5. The van der Waals surface area contributed by atoms with Crippen molar-refractivity contribution >= 4 is 6.29 Å². The first-order valence-electron chi connectivity index (χ1n) is 23.9. The van der Waals surface area contributed by atoms with Crippen LogP contribution in [0.25, 0.3) is 0 Å². The largest absolute Gasteiger partial charge is 0.392 e. The molecule has 0 rings (SSSR count). The predicted octanol–water partition coefficient (Wildman–Crippen LogP) is 17.0. The van der Waals surface area contributed by atoms with Crippen molar-refractivity contribution < 1.29 is 9.90 Å². The SMILES string of the molecule is CCCCCCCCCCCCCCCCCCCCCCCC(O)C(C=O)CCCCCCCCCCCCCCCCCCCCCC. The van der Waals surface area contributed by atoms with E-state index in [-0.39, 0.29) is 5.92 Å². The quantitative estimate of drug-likeness (QED) is 0.0506. The van der Waals surface area contributed by atoms with E-state index in [4.69, 9.17) is 0 Å². The summed E-state index contributed by atoms with van der Waals surface area (Å²) >= 11 is 0. The summed E-state index contributed by atoms with van der Waals surface area (Å²) in [5.74, 6) is -0.143. The van der Waals surface area contributed by atoms with Crippen LogP contribution in [0, 0.1) is 5.92 Å². The lowest BCUT2D eigenvalue weighted by molar-refractivity contribution is -0.114. The second-order valence-corrected chi connectivity index (χ2v) is 16.7. The lowest BCUT2D eigenvalue weighted by Gasteiger charge is -2.17. The minimum Gasteiger partial charge on any atom is -0.392 e. The summed E-state index contributed by atoms with van der Waals surface area (Å²) in [7, 11) is 0. The van der Waals surface area contributed by atoms with Gasteiger partial charge in [0.15, 0.2) is 0 Å². The average Bonchev–Trinajstić information content (AvgIpc) is 3.12. The van der Waals surface area contributed by atoms with E-state index in [2.05, 4.69) is 13.8 Å². The second-order valence-electron chi connectivity index (χ2n) is 16.7. The fraction of sp³-hybridized carbons (Fsp3) is 0.979. The van der Waals surface area contributed by atoms with E-state index in [1.807, 2.05) is 0 Å². The third-order valence-corrected chi connectivity index (χ3v) is 11.7. The zero-order valence-electron chi connectivity index (χ0n) is 35.0. The predicted molar refractivity (Wildman–Crippen MR) is 225 cm³/mol. The maximum Gasteiger partial charge on any atom is 0.125 e. The van der Waals surface area contributed by atoms with E-state index in [1.54, 1.807) is 0 Å². The average molecular weight is 705 g/mol. The maximum absolute atomic E-state index is 11.6. The first-order chi connectivity index (χ1) is 24.8. The van der Waals surface area contributed by atoms with Gasteiger partial charge in [0.05, 0.1) is 6.10 Å². The van der Waals surface area contributed by atoms with E-state index in [9.17, 15) is 9.90 Å². The van der Waals surface area contributed by atoms with Gasteiger partial charge in [-0.2, -0.15) is 0 Å². The number of hydrogen-bond acceptors (Lipinski definition) is 2. The molecule has 0 fully saturated rings. The van der Waals surface area contributed by atoms with Crippen molar-refractivity contribution in [1.29, 1.82) is 0 Å². The number of aliphatic hydroxyl groups excluding tert-OH is 1. The first-order valence-corrected chi connectivity index (χ1v) is 23.9. The molecule has 0 amide bonds. The van der Waals surface area contributed by atoms with E-state index in [1.165, 1.54) is 250 Å². The molecular weight excluding hydrogens is 609 g/mol. The van der Waals surface area contributed by atoms with Crippen LogP contribution in [0.4, 0.5) is 0 Å². The van der Waals surface area contributed by atoms with Crippen LogP contribution in [0.15, 0.2) is 0 Å². The van der Waals surface area contributed by atoms with Gasteiger partial charge in [-0.3, -0.25) is 0 Å². The Morgan fingerprint density at radius 2 is 0.480 bits per heavy atom. The Bertz CT molecular complexity index is 603. The van der Waals surface area contributed by atoms with E-state index >= 15 is 0 Å². The van der Waals surface area contributed by atoms with Crippen LogP contribution in [0.3, 0.4) is 0 Å². The van der Waals surface area contributed by atoms with Crippen molar-refractivity contribution in [2.45, 2.75) is 296 Å². The molecule has 0 bridgehead atoms. The Kier molecular flexibility index (Phi) is 44.5. The van der Waals surface area contributed by atoms with Crippen LogP contribution in [0.5, 0.6) is 0 Å². The molecule has 2 atom stereocenters. The van der Waals surface area contributed by atoms with Crippen LogP contribution < -0.4 is 0 Å². The molecule has 50 heavy (non-hydrogen) atoms. The summed E-state index contributed by atoms with van der Waals surface area (Å²) in [4.78, 5) is 11.6. The van der Waals surface area contributed by atoms with Crippen LogP contribution in [-0.2, 0) is 4.79 Å². The van der Waals surface area contributed by atoms with E-state index < -0.39 is 6.10 Å². The maximum atomic E-state index is 11.6. The smallest absolute Gasteiger partial charge is 0.125 e. The van der Waals surface area contributed by atoms with E-state index in [0.717, 1.165) is 32.0 Å². The summed E-state index contributed by atoms with van der Waals surface area (Å²) in [6.45, 7) is 4.60. The van der Waals surface area contributed by atoms with Crippen molar-refractivity contribution in [2.75, 3.05) is 0 Å². The summed E-state index contributed by atoms with van der Waals surface area (Å²) in [6, 6.07) is 0. The van der Waals surface area contributed by atoms with Gasteiger partial charge in [0, 0.05) is 5.92 Å². The molecule has 0 heterocycles. The normalized spacial score (nSPS) is 12.9. The third-order valence-electron chi connectivity index (χ3n) is 11.7. The monoisotopic (exact) mass is 705 g/mol. The molecule has 0 spiro atoms. The lowest BCUT2D eigenvalue weighted by atomic mass is 9.92. The number of unbranched alkanes of at least 4 members (excludes halogenated alkanes) is 39. The fourth-order valence-electron chi connectivity index (χ4n) is 7.99. The van der Waals surface area contributed by atoms with Crippen LogP contribution in [0.1, 0.15) is 290 Å². The van der Waals surface area contributed by atoms with Gasteiger partial charge in [0.25, 0.3) is 0 Å². The molecule has 0 aliphatic heterocycles. The number of aldehydes is 1. The molecule has 0 aliphatic carbocycles. The molecule has 0 saturated carbocycles. The zero-order valence-corrected chi connectivity index (χ0v) is 35.0.